The molecular weight excluding hydrogens is 230 g/mol. The summed E-state index contributed by atoms with van der Waals surface area (Å²) in [5.74, 6) is 0.799. The lowest BCUT2D eigenvalue weighted by Crippen LogP contribution is -2.12. The number of pyridine rings is 1. The number of aliphatic hydroxyl groups excluding tert-OH is 1. The number of nitrogens with two attached hydrogens (primary N) is 1. The number of nitrogens with one attached hydrogen (secondary N) is 1. The van der Waals surface area contributed by atoms with Crippen molar-refractivity contribution in [2.24, 2.45) is 0 Å². The monoisotopic (exact) mass is 247 g/mol. The number of aromatic nitrogens is 1. The van der Waals surface area contributed by atoms with Crippen molar-refractivity contribution in [3.8, 4) is 0 Å². The molecule has 0 unspecified atom stereocenters. The summed E-state index contributed by atoms with van der Waals surface area (Å²) in [4.78, 5) is 4.29. The summed E-state index contributed by atoms with van der Waals surface area (Å²) in [6.07, 6.45) is 1.76. The fourth-order valence-electron chi connectivity index (χ4n) is 1.74. The summed E-state index contributed by atoms with van der Waals surface area (Å²) >= 11 is 0. The minimum absolute atomic E-state index is 0.0447. The van der Waals surface area contributed by atoms with Crippen LogP contribution in [0.15, 0.2) is 30.5 Å². The number of nitrogens with zero attached hydrogens (tertiary/aromatic N) is 1. The predicted molar refractivity (Wildman–Crippen MR) is 72.5 cm³/mol. The molecule has 18 heavy (non-hydrogen) atoms. The number of fused-ring (bicyclic) bond motifs is 1. The van der Waals surface area contributed by atoms with Crippen LogP contribution in [0, 0.1) is 0 Å². The lowest BCUT2D eigenvalue weighted by atomic mass is 10.1. The molecule has 5 heteroatoms. The molecule has 2 rings (SSSR count). The Labute approximate surface area is 106 Å². The van der Waals surface area contributed by atoms with Gasteiger partial charge in [-0.2, -0.15) is 0 Å². The lowest BCUT2D eigenvalue weighted by Gasteiger charge is -2.09. The zero-order chi connectivity index (χ0) is 12.8. The second-order valence-corrected chi connectivity index (χ2v) is 3.90. The van der Waals surface area contributed by atoms with Crippen LogP contribution in [0.5, 0.6) is 0 Å². The van der Waals surface area contributed by atoms with Crippen molar-refractivity contribution >= 4 is 22.3 Å². The number of ether oxygens (including phenoxy) is 1. The van der Waals surface area contributed by atoms with Crippen LogP contribution in [0.3, 0.4) is 0 Å². The summed E-state index contributed by atoms with van der Waals surface area (Å²) in [7, 11) is 0. The number of benzene rings is 1. The summed E-state index contributed by atoms with van der Waals surface area (Å²) in [6.45, 7) is 1.57. The minimum Gasteiger partial charge on any atom is -0.399 e. The summed E-state index contributed by atoms with van der Waals surface area (Å²) in [5.41, 5.74) is 6.50. The number of hydrogen-bond acceptors (Lipinski definition) is 5. The average molecular weight is 247 g/mol. The summed E-state index contributed by atoms with van der Waals surface area (Å²) in [6, 6.07) is 7.69. The van der Waals surface area contributed by atoms with E-state index in [1.807, 2.05) is 24.3 Å². The van der Waals surface area contributed by atoms with Crippen molar-refractivity contribution in [3.63, 3.8) is 0 Å². The number of anilines is 2. The molecule has 0 atom stereocenters. The first kappa shape index (κ1) is 12.6. The smallest absolute Gasteiger partial charge is 0.133 e. The molecular formula is C13H17N3O2. The number of nitrogen functional groups attached to an aromatic ring is 1. The van der Waals surface area contributed by atoms with Crippen LogP contribution in [0.25, 0.3) is 10.8 Å². The first-order valence-electron chi connectivity index (χ1n) is 5.88. The molecule has 0 radical (unpaired) electrons. The van der Waals surface area contributed by atoms with E-state index in [0.717, 1.165) is 22.3 Å². The zero-order valence-electron chi connectivity index (χ0n) is 10.1. The van der Waals surface area contributed by atoms with Crippen LogP contribution in [0.1, 0.15) is 0 Å². The first-order chi connectivity index (χ1) is 8.81. The van der Waals surface area contributed by atoms with Gasteiger partial charge in [-0.05, 0) is 23.6 Å². The van der Waals surface area contributed by atoms with E-state index in [-0.39, 0.29) is 6.61 Å². The Hall–Kier alpha value is -1.85. The number of hydrogen-bond donors (Lipinski definition) is 3. The van der Waals surface area contributed by atoms with E-state index < -0.39 is 0 Å². The summed E-state index contributed by atoms with van der Waals surface area (Å²) in [5, 5.41) is 13.9. The van der Waals surface area contributed by atoms with Gasteiger partial charge >= 0.3 is 0 Å². The largest absolute Gasteiger partial charge is 0.399 e. The number of aliphatic hydroxyl groups is 1. The van der Waals surface area contributed by atoms with Gasteiger partial charge < -0.3 is 20.9 Å². The normalized spacial score (nSPS) is 10.7. The third kappa shape index (κ3) is 3.09. The van der Waals surface area contributed by atoms with Gasteiger partial charge in [0.2, 0.25) is 0 Å². The number of rotatable bonds is 6. The van der Waals surface area contributed by atoms with Gasteiger partial charge in [0.05, 0.1) is 19.8 Å². The van der Waals surface area contributed by atoms with Crippen molar-refractivity contribution < 1.29 is 9.84 Å². The van der Waals surface area contributed by atoms with Crippen molar-refractivity contribution in [1.29, 1.82) is 0 Å². The van der Waals surface area contributed by atoms with Gasteiger partial charge in [0, 0.05) is 23.8 Å². The van der Waals surface area contributed by atoms with Crippen LogP contribution in [-0.2, 0) is 4.74 Å². The fourth-order valence-corrected chi connectivity index (χ4v) is 1.74. The summed E-state index contributed by atoms with van der Waals surface area (Å²) < 4.78 is 5.18. The van der Waals surface area contributed by atoms with E-state index in [1.165, 1.54) is 0 Å². The van der Waals surface area contributed by atoms with Gasteiger partial charge in [-0.1, -0.05) is 6.07 Å². The van der Waals surface area contributed by atoms with E-state index >= 15 is 0 Å². The van der Waals surface area contributed by atoms with E-state index in [0.29, 0.717) is 19.8 Å². The molecule has 1 aromatic carbocycles. The van der Waals surface area contributed by atoms with Crippen LogP contribution in [0.2, 0.25) is 0 Å². The lowest BCUT2D eigenvalue weighted by molar-refractivity contribution is 0.0992. The highest BCUT2D eigenvalue weighted by Crippen LogP contribution is 2.22. The topological polar surface area (TPSA) is 80.4 Å². The highest BCUT2D eigenvalue weighted by Gasteiger charge is 2.02. The SMILES string of the molecule is Nc1ccc2ccnc(NCCOCCO)c2c1. The molecule has 0 fully saturated rings. The Kier molecular flexibility index (Phi) is 4.33. The molecule has 0 saturated heterocycles. The molecule has 0 aliphatic rings. The van der Waals surface area contributed by atoms with E-state index in [4.69, 9.17) is 15.6 Å². The van der Waals surface area contributed by atoms with Gasteiger partial charge in [-0.25, -0.2) is 4.98 Å². The molecule has 1 heterocycles. The Morgan fingerprint density at radius 3 is 3.00 bits per heavy atom. The Bertz CT molecular complexity index is 517. The van der Waals surface area contributed by atoms with Crippen LogP contribution in [0.4, 0.5) is 11.5 Å². The molecule has 0 aliphatic heterocycles. The molecule has 96 valence electrons. The van der Waals surface area contributed by atoms with Crippen molar-refractivity contribution in [3.05, 3.63) is 30.5 Å². The van der Waals surface area contributed by atoms with Crippen molar-refractivity contribution in [2.75, 3.05) is 37.4 Å². The van der Waals surface area contributed by atoms with Crippen LogP contribution >= 0.6 is 0 Å². The van der Waals surface area contributed by atoms with Gasteiger partial charge in [0.15, 0.2) is 0 Å². The Morgan fingerprint density at radius 2 is 2.17 bits per heavy atom. The van der Waals surface area contributed by atoms with Gasteiger partial charge in [-0.15, -0.1) is 0 Å². The van der Waals surface area contributed by atoms with E-state index in [1.54, 1.807) is 6.20 Å². The quantitative estimate of drug-likeness (QED) is 0.528. The van der Waals surface area contributed by atoms with Gasteiger partial charge in [0.25, 0.3) is 0 Å². The predicted octanol–water partition coefficient (Wildman–Crippen LogP) is 1.24. The Morgan fingerprint density at radius 1 is 1.28 bits per heavy atom. The Balaban J connectivity index is 2.05. The molecule has 0 spiro atoms. The molecule has 0 aliphatic carbocycles. The van der Waals surface area contributed by atoms with Crippen molar-refractivity contribution in [2.45, 2.75) is 0 Å². The van der Waals surface area contributed by atoms with Crippen LogP contribution < -0.4 is 11.1 Å². The third-order valence-electron chi connectivity index (χ3n) is 2.56. The second-order valence-electron chi connectivity index (χ2n) is 3.90. The molecule has 0 saturated carbocycles. The highest BCUT2D eigenvalue weighted by atomic mass is 16.5. The zero-order valence-corrected chi connectivity index (χ0v) is 10.1. The van der Waals surface area contributed by atoms with Gasteiger partial charge in [-0.3, -0.25) is 0 Å². The maximum absolute atomic E-state index is 8.58. The molecule has 4 N–H and O–H groups in total. The third-order valence-corrected chi connectivity index (χ3v) is 2.56. The van der Waals surface area contributed by atoms with Crippen molar-refractivity contribution in [1.82, 2.24) is 4.98 Å². The standard InChI is InChI=1S/C13H17N3O2/c14-11-2-1-10-3-4-15-13(12(10)9-11)16-5-7-18-8-6-17/h1-4,9,17H,5-8,14H2,(H,15,16). The highest BCUT2D eigenvalue weighted by molar-refractivity contribution is 5.93. The van der Waals surface area contributed by atoms with Gasteiger partial charge in [0.1, 0.15) is 5.82 Å². The van der Waals surface area contributed by atoms with Crippen LogP contribution in [-0.4, -0.2) is 36.5 Å². The average Bonchev–Trinajstić information content (AvgIpc) is 2.39. The molecule has 2 aromatic rings. The second kappa shape index (κ2) is 6.18. The molecule has 0 bridgehead atoms. The maximum Gasteiger partial charge on any atom is 0.133 e. The first-order valence-corrected chi connectivity index (χ1v) is 5.88. The van der Waals surface area contributed by atoms with E-state index in [2.05, 4.69) is 10.3 Å². The fraction of sp³-hybridized carbons (Fsp3) is 0.308. The molecule has 0 amide bonds. The maximum atomic E-state index is 8.58. The molecule has 1 aromatic heterocycles. The minimum atomic E-state index is 0.0447. The van der Waals surface area contributed by atoms with E-state index in [9.17, 15) is 0 Å². The molecule has 5 nitrogen and oxygen atoms in total.